The lowest BCUT2D eigenvalue weighted by molar-refractivity contribution is -0.146. The number of nitrogens with two attached hydrogens (primary N) is 1. The lowest BCUT2D eigenvalue weighted by atomic mass is 9.98. The molecule has 3 aromatic carbocycles. The first-order valence-corrected chi connectivity index (χ1v) is 14.5. The Morgan fingerprint density at radius 3 is 2.16 bits per heavy atom. The van der Waals surface area contributed by atoms with Crippen molar-refractivity contribution in [1.29, 1.82) is 0 Å². The van der Waals surface area contributed by atoms with Crippen LogP contribution in [-0.2, 0) is 27.2 Å². The molecule has 0 saturated carbocycles. The molecule has 0 fully saturated rings. The fraction of sp³-hybridized carbons (Fsp3) is 0.382. The third kappa shape index (κ3) is 9.68. The Balaban J connectivity index is 1.98. The molecule has 0 aliphatic rings. The number of aliphatic hydroxyl groups is 1. The summed E-state index contributed by atoms with van der Waals surface area (Å²) in [7, 11) is 2.96. The Bertz CT molecular complexity index is 1500. The Labute approximate surface area is 257 Å². The van der Waals surface area contributed by atoms with E-state index in [2.05, 4.69) is 5.32 Å². The van der Waals surface area contributed by atoms with Gasteiger partial charge in [-0.1, -0.05) is 54.6 Å². The molecule has 3 rings (SSSR count). The molecule has 0 heterocycles. The molecule has 0 saturated heterocycles. The molecule has 0 aliphatic heterocycles. The highest BCUT2D eigenvalue weighted by Crippen LogP contribution is 2.21. The summed E-state index contributed by atoms with van der Waals surface area (Å²) >= 11 is 0. The Kier molecular flexibility index (Phi) is 11.7. The maximum atomic E-state index is 14.2. The van der Waals surface area contributed by atoms with Crippen LogP contribution >= 0.6 is 0 Å². The van der Waals surface area contributed by atoms with Gasteiger partial charge in [0.1, 0.15) is 12.1 Å². The van der Waals surface area contributed by atoms with Crippen LogP contribution in [0.3, 0.4) is 0 Å². The van der Waals surface area contributed by atoms with E-state index in [0.29, 0.717) is 12.0 Å². The molecule has 4 N–H and O–H groups in total. The molecule has 0 radical (unpaired) electrons. The van der Waals surface area contributed by atoms with Crippen molar-refractivity contribution in [2.75, 3.05) is 20.6 Å². The van der Waals surface area contributed by atoms with Crippen molar-refractivity contribution in [3.8, 4) is 0 Å². The second kappa shape index (κ2) is 15.0. The fourth-order valence-corrected chi connectivity index (χ4v) is 4.76. The first kappa shape index (κ1) is 34.3. The molecular formula is C34H42F2N4O4. The molecule has 236 valence electrons. The number of likely N-dealkylation sites (N-methyl/N-ethyl adjacent to an activating group) is 2. The number of hydrogen-bond acceptors (Lipinski definition) is 5. The van der Waals surface area contributed by atoms with Gasteiger partial charge in [-0.25, -0.2) is 8.78 Å². The minimum Gasteiger partial charge on any atom is -0.392 e. The zero-order chi connectivity index (χ0) is 32.6. The van der Waals surface area contributed by atoms with Crippen molar-refractivity contribution >= 4 is 28.5 Å². The van der Waals surface area contributed by atoms with Crippen LogP contribution in [0.4, 0.5) is 8.78 Å². The predicted molar refractivity (Wildman–Crippen MR) is 168 cm³/mol. The van der Waals surface area contributed by atoms with E-state index in [4.69, 9.17) is 5.73 Å². The van der Waals surface area contributed by atoms with Crippen LogP contribution in [0.15, 0.2) is 72.8 Å². The van der Waals surface area contributed by atoms with Crippen molar-refractivity contribution in [2.24, 2.45) is 5.73 Å². The van der Waals surface area contributed by atoms with Crippen LogP contribution in [0, 0.1) is 11.6 Å². The van der Waals surface area contributed by atoms with Gasteiger partial charge >= 0.3 is 0 Å². The number of aliphatic hydroxyl groups excluding tert-OH is 1. The summed E-state index contributed by atoms with van der Waals surface area (Å²) in [5.74, 6) is -3.64. The number of benzene rings is 3. The van der Waals surface area contributed by atoms with Crippen molar-refractivity contribution in [3.63, 3.8) is 0 Å². The van der Waals surface area contributed by atoms with Gasteiger partial charge in [-0.15, -0.1) is 0 Å². The Morgan fingerprint density at radius 2 is 1.52 bits per heavy atom. The van der Waals surface area contributed by atoms with Crippen LogP contribution in [0.1, 0.15) is 38.3 Å². The van der Waals surface area contributed by atoms with Crippen LogP contribution in [-0.4, -0.2) is 77.0 Å². The molecule has 10 heteroatoms. The molecule has 3 aromatic rings. The molecule has 0 aliphatic carbocycles. The topological polar surface area (TPSA) is 116 Å². The van der Waals surface area contributed by atoms with E-state index in [9.17, 15) is 28.3 Å². The second-order valence-corrected chi connectivity index (χ2v) is 12.0. The normalized spacial score (nSPS) is 13.8. The van der Waals surface area contributed by atoms with E-state index in [1.54, 1.807) is 6.08 Å². The zero-order valence-electron chi connectivity index (χ0n) is 25.9. The minimum absolute atomic E-state index is 0.0731. The lowest BCUT2D eigenvalue weighted by Crippen LogP contribution is -2.56. The van der Waals surface area contributed by atoms with Crippen molar-refractivity contribution in [1.82, 2.24) is 15.1 Å². The van der Waals surface area contributed by atoms with Gasteiger partial charge in [-0.2, -0.15) is 0 Å². The molecule has 0 spiro atoms. The summed E-state index contributed by atoms with van der Waals surface area (Å²) in [6.07, 6.45) is 2.66. The summed E-state index contributed by atoms with van der Waals surface area (Å²) in [6, 6.07) is 14.7. The molecule has 0 bridgehead atoms. The number of hydrogen-bond donors (Lipinski definition) is 3. The van der Waals surface area contributed by atoms with Crippen LogP contribution in [0.25, 0.3) is 10.8 Å². The maximum Gasteiger partial charge on any atom is 0.246 e. The first-order valence-electron chi connectivity index (χ1n) is 14.5. The Hall–Kier alpha value is -4.15. The molecule has 8 nitrogen and oxygen atoms in total. The number of fused-ring (bicyclic) bond motifs is 1. The van der Waals surface area contributed by atoms with Crippen molar-refractivity contribution in [2.45, 2.75) is 63.8 Å². The van der Waals surface area contributed by atoms with Gasteiger partial charge in [0, 0.05) is 39.0 Å². The standard InChI is InChI=1S/C34H42F2N4O4/c1-22(41)21-38-32(43)29(19-24-13-15-27(35)28(36)18-24)40(5)33(44)30(39(4)31(42)11-8-16-34(2,3)37)20-23-12-14-25-9-6-7-10-26(25)17-23/h6-15,17-18,22,29-30,41H,16,19-21,37H2,1-5H3,(H,38,43)/b11-8+/t22-,29-,30-/m1/s1. The first-order chi connectivity index (χ1) is 20.7. The van der Waals surface area contributed by atoms with Crippen LogP contribution < -0.4 is 11.1 Å². The van der Waals surface area contributed by atoms with E-state index in [0.717, 1.165) is 28.5 Å². The number of rotatable bonds is 13. The fourth-order valence-electron chi connectivity index (χ4n) is 4.76. The molecular weight excluding hydrogens is 566 g/mol. The number of halogens is 2. The maximum absolute atomic E-state index is 14.2. The van der Waals surface area contributed by atoms with Gasteiger partial charge in [-0.3, -0.25) is 14.4 Å². The number of amides is 3. The largest absolute Gasteiger partial charge is 0.392 e. The summed E-state index contributed by atoms with van der Waals surface area (Å²) < 4.78 is 27.7. The van der Waals surface area contributed by atoms with Crippen molar-refractivity contribution < 1.29 is 28.3 Å². The van der Waals surface area contributed by atoms with Crippen molar-refractivity contribution in [3.05, 3.63) is 95.6 Å². The van der Waals surface area contributed by atoms with Crippen LogP contribution in [0.5, 0.6) is 0 Å². The quantitative estimate of drug-likeness (QED) is 0.256. The SMILES string of the molecule is C[C@@H](O)CNC(=O)[C@@H](Cc1ccc(F)c(F)c1)N(C)C(=O)[C@@H](Cc1ccc2ccccc2c1)N(C)C(=O)/C=C/CC(C)(C)N. The number of carbonyl (C=O) groups is 3. The summed E-state index contributed by atoms with van der Waals surface area (Å²) in [4.78, 5) is 43.4. The average Bonchev–Trinajstić information content (AvgIpc) is 2.97. The van der Waals surface area contributed by atoms with E-state index >= 15 is 0 Å². The lowest BCUT2D eigenvalue weighted by Gasteiger charge is -2.34. The minimum atomic E-state index is -1.15. The molecule has 3 atom stereocenters. The van der Waals surface area contributed by atoms with E-state index in [1.807, 2.05) is 56.3 Å². The van der Waals surface area contributed by atoms with E-state index in [1.165, 1.54) is 43.0 Å². The highest BCUT2D eigenvalue weighted by atomic mass is 19.2. The van der Waals surface area contributed by atoms with Gasteiger partial charge < -0.3 is 26.0 Å². The summed E-state index contributed by atoms with van der Waals surface area (Å²) in [5.41, 5.74) is 6.62. The molecule has 44 heavy (non-hydrogen) atoms. The number of nitrogens with one attached hydrogen (secondary N) is 1. The molecule has 0 aromatic heterocycles. The van der Waals surface area contributed by atoms with Gasteiger partial charge in [0.15, 0.2) is 11.6 Å². The van der Waals surface area contributed by atoms with Crippen LogP contribution in [0.2, 0.25) is 0 Å². The summed E-state index contributed by atoms with van der Waals surface area (Å²) in [6.45, 7) is 5.10. The number of nitrogens with zero attached hydrogens (tertiary/aromatic N) is 2. The highest BCUT2D eigenvalue weighted by Gasteiger charge is 2.35. The van der Waals surface area contributed by atoms with Gasteiger partial charge in [0.2, 0.25) is 17.7 Å². The third-order valence-corrected chi connectivity index (χ3v) is 7.35. The summed E-state index contributed by atoms with van der Waals surface area (Å²) in [5, 5.41) is 14.3. The highest BCUT2D eigenvalue weighted by molar-refractivity contribution is 5.95. The third-order valence-electron chi connectivity index (χ3n) is 7.35. The van der Waals surface area contributed by atoms with Gasteiger partial charge in [0.25, 0.3) is 0 Å². The molecule has 0 unspecified atom stereocenters. The predicted octanol–water partition coefficient (Wildman–Crippen LogP) is 3.74. The van der Waals surface area contributed by atoms with Gasteiger partial charge in [0.05, 0.1) is 6.10 Å². The molecule has 3 amide bonds. The van der Waals surface area contributed by atoms with E-state index in [-0.39, 0.29) is 19.4 Å². The second-order valence-electron chi connectivity index (χ2n) is 12.0. The van der Waals surface area contributed by atoms with Gasteiger partial charge in [-0.05, 0) is 67.3 Å². The monoisotopic (exact) mass is 608 g/mol. The average molecular weight is 609 g/mol. The zero-order valence-corrected chi connectivity index (χ0v) is 25.9. The van der Waals surface area contributed by atoms with E-state index < -0.39 is 53.1 Å². The number of carbonyl (C=O) groups excluding carboxylic acids is 3. The Morgan fingerprint density at radius 1 is 0.909 bits per heavy atom. The smallest absolute Gasteiger partial charge is 0.246 e.